The molecule has 0 amide bonds. The van der Waals surface area contributed by atoms with Gasteiger partial charge in [0.1, 0.15) is 17.5 Å². The van der Waals surface area contributed by atoms with Crippen LogP contribution in [0.4, 0.5) is 20.3 Å². The van der Waals surface area contributed by atoms with E-state index in [9.17, 15) is 8.78 Å². The molecule has 0 aliphatic carbocycles. The summed E-state index contributed by atoms with van der Waals surface area (Å²) in [5.74, 6) is -0.159. The van der Waals surface area contributed by atoms with E-state index in [-0.39, 0.29) is 5.82 Å². The highest BCUT2D eigenvalue weighted by molar-refractivity contribution is 5.63. The van der Waals surface area contributed by atoms with Gasteiger partial charge < -0.3 is 10.2 Å². The van der Waals surface area contributed by atoms with Crippen molar-refractivity contribution in [1.29, 1.82) is 0 Å². The minimum Gasteiger partial charge on any atom is -0.324 e. The van der Waals surface area contributed by atoms with Gasteiger partial charge in [-0.1, -0.05) is 12.1 Å². The first kappa shape index (κ1) is 14.4. The number of nitrogens with one attached hydrogen (secondary N) is 1. The Labute approximate surface area is 117 Å². The van der Waals surface area contributed by atoms with Crippen molar-refractivity contribution >= 4 is 11.5 Å². The fourth-order valence-electron chi connectivity index (χ4n) is 2.14. The molecule has 0 atom stereocenters. The van der Waals surface area contributed by atoms with E-state index in [0.29, 0.717) is 30.2 Å². The first-order chi connectivity index (χ1) is 9.67. The quantitative estimate of drug-likeness (QED) is 0.909. The van der Waals surface area contributed by atoms with Gasteiger partial charge in [0.25, 0.3) is 0 Å². The van der Waals surface area contributed by atoms with Crippen molar-refractivity contribution in [2.24, 2.45) is 0 Å². The second-order valence-electron chi connectivity index (χ2n) is 4.36. The molecule has 0 saturated heterocycles. The zero-order valence-corrected chi connectivity index (χ0v) is 11.5. The highest BCUT2D eigenvalue weighted by Crippen LogP contribution is 2.28. The van der Waals surface area contributed by atoms with Crippen LogP contribution in [0.2, 0.25) is 0 Å². The summed E-state index contributed by atoms with van der Waals surface area (Å²) in [5.41, 5.74) is 1.13. The number of benzene rings is 1. The molecule has 3 nitrogen and oxygen atoms in total. The summed E-state index contributed by atoms with van der Waals surface area (Å²) < 4.78 is 27.3. The van der Waals surface area contributed by atoms with E-state index in [1.807, 2.05) is 6.92 Å². The SMILES string of the molecule is CCN(c1ccccc1F)c1ncc(F)cc1CNC. The number of anilines is 2. The van der Waals surface area contributed by atoms with E-state index >= 15 is 0 Å². The maximum absolute atomic E-state index is 14.0. The van der Waals surface area contributed by atoms with Crippen molar-refractivity contribution < 1.29 is 8.78 Å². The number of halogens is 2. The normalized spacial score (nSPS) is 10.6. The van der Waals surface area contributed by atoms with Crippen molar-refractivity contribution in [2.45, 2.75) is 13.5 Å². The molecule has 0 spiro atoms. The van der Waals surface area contributed by atoms with Gasteiger partial charge in [0.15, 0.2) is 0 Å². The molecule has 0 bridgehead atoms. The molecule has 0 aliphatic heterocycles. The molecule has 0 radical (unpaired) electrons. The van der Waals surface area contributed by atoms with E-state index in [1.165, 1.54) is 12.1 Å². The van der Waals surface area contributed by atoms with E-state index < -0.39 is 5.82 Å². The number of aromatic nitrogens is 1. The highest BCUT2D eigenvalue weighted by atomic mass is 19.1. The zero-order chi connectivity index (χ0) is 14.5. The Hall–Kier alpha value is -2.01. The van der Waals surface area contributed by atoms with Gasteiger partial charge in [-0.2, -0.15) is 0 Å². The van der Waals surface area contributed by atoms with Gasteiger partial charge in [-0.3, -0.25) is 0 Å². The molecular formula is C15H17F2N3. The van der Waals surface area contributed by atoms with Gasteiger partial charge in [0.2, 0.25) is 0 Å². The number of pyridine rings is 1. The molecule has 2 rings (SSSR count). The monoisotopic (exact) mass is 277 g/mol. The molecule has 106 valence electrons. The van der Waals surface area contributed by atoms with Crippen molar-refractivity contribution in [3.8, 4) is 0 Å². The van der Waals surface area contributed by atoms with Crippen LogP contribution < -0.4 is 10.2 Å². The van der Waals surface area contributed by atoms with Gasteiger partial charge in [-0.15, -0.1) is 0 Å². The van der Waals surface area contributed by atoms with Crippen molar-refractivity contribution in [2.75, 3.05) is 18.5 Å². The third-order valence-electron chi connectivity index (χ3n) is 2.99. The Balaban J connectivity index is 2.49. The van der Waals surface area contributed by atoms with Gasteiger partial charge in [0.05, 0.1) is 11.9 Å². The maximum Gasteiger partial charge on any atom is 0.146 e. The lowest BCUT2D eigenvalue weighted by Gasteiger charge is -2.25. The van der Waals surface area contributed by atoms with E-state index in [2.05, 4.69) is 10.3 Å². The zero-order valence-electron chi connectivity index (χ0n) is 11.5. The molecule has 1 N–H and O–H groups in total. The van der Waals surface area contributed by atoms with Crippen LogP contribution in [0.5, 0.6) is 0 Å². The fourth-order valence-corrected chi connectivity index (χ4v) is 2.14. The minimum absolute atomic E-state index is 0.323. The molecule has 2 aromatic rings. The summed E-state index contributed by atoms with van der Waals surface area (Å²) in [4.78, 5) is 5.87. The minimum atomic E-state index is -0.399. The predicted octanol–water partition coefficient (Wildman–Crippen LogP) is 3.24. The smallest absolute Gasteiger partial charge is 0.146 e. The van der Waals surface area contributed by atoms with Crippen LogP contribution in [-0.4, -0.2) is 18.6 Å². The van der Waals surface area contributed by atoms with Crippen LogP contribution in [0.1, 0.15) is 12.5 Å². The van der Waals surface area contributed by atoms with Crippen molar-refractivity contribution in [1.82, 2.24) is 10.3 Å². The third kappa shape index (κ3) is 2.93. The van der Waals surface area contributed by atoms with E-state index in [4.69, 9.17) is 0 Å². The van der Waals surface area contributed by atoms with Crippen LogP contribution in [0.15, 0.2) is 36.5 Å². The Morgan fingerprint density at radius 1 is 1.25 bits per heavy atom. The molecule has 5 heteroatoms. The van der Waals surface area contributed by atoms with Gasteiger partial charge in [-0.25, -0.2) is 13.8 Å². The van der Waals surface area contributed by atoms with Crippen LogP contribution in [-0.2, 0) is 6.54 Å². The first-order valence-electron chi connectivity index (χ1n) is 6.48. The average molecular weight is 277 g/mol. The van der Waals surface area contributed by atoms with E-state index in [0.717, 1.165) is 6.20 Å². The summed E-state index contributed by atoms with van der Waals surface area (Å²) in [7, 11) is 1.77. The van der Waals surface area contributed by atoms with Crippen molar-refractivity contribution in [3.05, 3.63) is 53.7 Å². The largest absolute Gasteiger partial charge is 0.324 e. The maximum atomic E-state index is 14.0. The van der Waals surface area contributed by atoms with Gasteiger partial charge in [0, 0.05) is 18.7 Å². The summed E-state index contributed by atoms with van der Waals surface area (Å²) in [6, 6.07) is 7.91. The van der Waals surface area contributed by atoms with Gasteiger partial charge >= 0.3 is 0 Å². The number of hydrogen-bond donors (Lipinski definition) is 1. The average Bonchev–Trinajstić information content (AvgIpc) is 2.44. The lowest BCUT2D eigenvalue weighted by molar-refractivity contribution is 0.614. The molecule has 1 aromatic carbocycles. The topological polar surface area (TPSA) is 28.2 Å². The summed E-state index contributed by atoms with van der Waals surface area (Å²) in [6.07, 6.45) is 1.15. The lowest BCUT2D eigenvalue weighted by atomic mass is 10.2. The second-order valence-corrected chi connectivity index (χ2v) is 4.36. The summed E-state index contributed by atoms with van der Waals surface area (Å²) in [6.45, 7) is 2.90. The molecule has 1 aromatic heterocycles. The Morgan fingerprint density at radius 2 is 2.00 bits per heavy atom. The number of rotatable bonds is 5. The molecule has 0 unspecified atom stereocenters. The fraction of sp³-hybridized carbons (Fsp3) is 0.267. The molecular weight excluding hydrogens is 260 g/mol. The highest BCUT2D eigenvalue weighted by Gasteiger charge is 2.16. The Kier molecular flexibility index (Phi) is 4.63. The lowest BCUT2D eigenvalue weighted by Crippen LogP contribution is -2.22. The molecule has 0 saturated carbocycles. The van der Waals surface area contributed by atoms with Crippen LogP contribution in [0, 0.1) is 11.6 Å². The molecule has 20 heavy (non-hydrogen) atoms. The summed E-state index contributed by atoms with van der Waals surface area (Å²) >= 11 is 0. The number of para-hydroxylation sites is 1. The van der Waals surface area contributed by atoms with Crippen LogP contribution in [0.3, 0.4) is 0 Å². The predicted molar refractivity (Wildman–Crippen MR) is 76.0 cm³/mol. The summed E-state index contributed by atoms with van der Waals surface area (Å²) in [5, 5.41) is 2.97. The Bertz CT molecular complexity index is 587. The second kappa shape index (κ2) is 6.43. The molecule has 0 aliphatic rings. The number of hydrogen-bond acceptors (Lipinski definition) is 3. The van der Waals surface area contributed by atoms with Crippen molar-refractivity contribution in [3.63, 3.8) is 0 Å². The number of nitrogens with zero attached hydrogens (tertiary/aromatic N) is 2. The standard InChI is InChI=1S/C15H17F2N3/c1-3-20(14-7-5-4-6-13(14)17)15-11(9-18-2)8-12(16)10-19-15/h4-8,10,18H,3,9H2,1-2H3. The van der Waals surface area contributed by atoms with Gasteiger partial charge in [-0.05, 0) is 32.2 Å². The third-order valence-corrected chi connectivity index (χ3v) is 2.99. The molecule has 0 fully saturated rings. The first-order valence-corrected chi connectivity index (χ1v) is 6.48. The molecule has 1 heterocycles. The van der Waals surface area contributed by atoms with Crippen LogP contribution in [0.25, 0.3) is 0 Å². The Morgan fingerprint density at radius 3 is 2.65 bits per heavy atom. The van der Waals surface area contributed by atoms with E-state index in [1.54, 1.807) is 30.1 Å². The van der Waals surface area contributed by atoms with Crippen LogP contribution >= 0.6 is 0 Å².